The number of carbonyl (C=O) groups is 1. The van der Waals surface area contributed by atoms with E-state index in [0.717, 1.165) is 17.3 Å². The molecule has 3 N–H and O–H groups in total. The van der Waals surface area contributed by atoms with Gasteiger partial charge in [-0.1, -0.05) is 13.8 Å². The fraction of sp³-hybridized carbons (Fsp3) is 0.909. The van der Waals surface area contributed by atoms with E-state index >= 15 is 0 Å². The lowest BCUT2D eigenvalue weighted by Gasteiger charge is -2.35. The molecule has 1 amide bonds. The van der Waals surface area contributed by atoms with Gasteiger partial charge in [-0.25, -0.2) is 0 Å². The number of amides is 1. The molecule has 3 nitrogen and oxygen atoms in total. The van der Waals surface area contributed by atoms with Crippen LogP contribution in [0.25, 0.3) is 0 Å². The van der Waals surface area contributed by atoms with E-state index in [0.29, 0.717) is 12.5 Å². The average molecular weight is 262 g/mol. The van der Waals surface area contributed by atoms with Crippen LogP contribution in [0.15, 0.2) is 0 Å². The van der Waals surface area contributed by atoms with E-state index in [2.05, 4.69) is 19.2 Å². The third kappa shape index (κ3) is 3.57. The van der Waals surface area contributed by atoms with Crippen LogP contribution in [0, 0.1) is 5.92 Å². The Morgan fingerprint density at radius 1 is 1.56 bits per heavy atom. The molecule has 1 saturated heterocycles. The van der Waals surface area contributed by atoms with Gasteiger partial charge in [-0.05, 0) is 12.8 Å². The molecule has 0 aromatic carbocycles. The van der Waals surface area contributed by atoms with E-state index < -0.39 is 0 Å². The summed E-state index contributed by atoms with van der Waals surface area (Å²) in [5.74, 6) is 3.66. The Morgan fingerprint density at radius 3 is 2.69 bits per heavy atom. The van der Waals surface area contributed by atoms with Gasteiger partial charge in [0.25, 0.3) is 0 Å². The minimum Gasteiger partial charge on any atom is -0.348 e. The minimum absolute atomic E-state index is 0.100. The Bertz CT molecular complexity index is 242. The largest absolute Gasteiger partial charge is 0.348 e. The lowest BCUT2D eigenvalue weighted by Crippen LogP contribution is -2.57. The van der Waals surface area contributed by atoms with Gasteiger partial charge in [-0.2, -0.15) is 11.8 Å². The molecule has 0 bridgehead atoms. The average Bonchev–Trinajstić information content (AvgIpc) is 2.29. The lowest BCUT2D eigenvalue weighted by molar-refractivity contribution is -0.122. The van der Waals surface area contributed by atoms with E-state index in [9.17, 15) is 4.79 Å². The highest BCUT2D eigenvalue weighted by Gasteiger charge is 2.32. The third-order valence-electron chi connectivity index (χ3n) is 3.22. The summed E-state index contributed by atoms with van der Waals surface area (Å²) in [6.07, 6.45) is 0. The molecular weight excluding hydrogens is 240 g/mol. The van der Waals surface area contributed by atoms with E-state index in [1.807, 2.05) is 18.7 Å². The van der Waals surface area contributed by atoms with Crippen LogP contribution < -0.4 is 11.1 Å². The molecule has 2 unspecified atom stereocenters. The van der Waals surface area contributed by atoms with Crippen molar-refractivity contribution in [1.82, 2.24) is 5.32 Å². The normalized spacial score (nSPS) is 25.2. The highest BCUT2D eigenvalue weighted by atomic mass is 32.2. The third-order valence-corrected chi connectivity index (χ3v) is 5.97. The van der Waals surface area contributed by atoms with Crippen molar-refractivity contribution in [2.24, 2.45) is 11.7 Å². The van der Waals surface area contributed by atoms with Gasteiger partial charge in [-0.3, -0.25) is 4.79 Å². The Balaban J connectivity index is 2.54. The van der Waals surface area contributed by atoms with Crippen molar-refractivity contribution in [1.29, 1.82) is 0 Å². The summed E-state index contributed by atoms with van der Waals surface area (Å²) in [5, 5.41) is 3.21. The fourth-order valence-corrected chi connectivity index (χ4v) is 3.99. The molecule has 0 aromatic heterocycles. The molecule has 1 fully saturated rings. The number of nitrogens with two attached hydrogens (primary N) is 1. The molecule has 0 saturated carbocycles. The topological polar surface area (TPSA) is 55.1 Å². The number of thioether (sulfide) groups is 2. The highest BCUT2D eigenvalue weighted by molar-refractivity contribution is 8.07. The van der Waals surface area contributed by atoms with Crippen LogP contribution in [0.5, 0.6) is 0 Å². The van der Waals surface area contributed by atoms with Crippen LogP contribution in [0.4, 0.5) is 0 Å². The predicted molar refractivity (Wildman–Crippen MR) is 74.0 cm³/mol. The van der Waals surface area contributed by atoms with Gasteiger partial charge in [0.2, 0.25) is 5.91 Å². The van der Waals surface area contributed by atoms with Gasteiger partial charge >= 0.3 is 0 Å². The van der Waals surface area contributed by atoms with Crippen LogP contribution >= 0.6 is 23.5 Å². The first-order valence-electron chi connectivity index (χ1n) is 5.71. The summed E-state index contributed by atoms with van der Waals surface area (Å²) in [5.41, 5.74) is 5.48. The molecule has 0 aromatic rings. The summed E-state index contributed by atoms with van der Waals surface area (Å²) < 4.78 is 0. The van der Waals surface area contributed by atoms with E-state index in [1.54, 1.807) is 11.8 Å². The van der Waals surface area contributed by atoms with Crippen molar-refractivity contribution in [2.75, 3.05) is 23.8 Å². The molecule has 0 spiro atoms. The zero-order valence-electron chi connectivity index (χ0n) is 10.3. The monoisotopic (exact) mass is 262 g/mol. The summed E-state index contributed by atoms with van der Waals surface area (Å²) in [6.45, 7) is 6.70. The SMILES string of the molecule is CC(C)C(C)(CN)NC(=O)C1CSCCS1. The van der Waals surface area contributed by atoms with Gasteiger partial charge in [0.1, 0.15) is 0 Å². The van der Waals surface area contributed by atoms with Crippen LogP contribution in [-0.2, 0) is 4.79 Å². The first-order valence-corrected chi connectivity index (χ1v) is 7.91. The van der Waals surface area contributed by atoms with Gasteiger partial charge in [-0.15, -0.1) is 11.8 Å². The zero-order valence-corrected chi connectivity index (χ0v) is 11.9. The summed E-state index contributed by atoms with van der Waals surface area (Å²) in [7, 11) is 0. The Morgan fingerprint density at radius 2 is 2.25 bits per heavy atom. The molecular formula is C11H22N2OS2. The van der Waals surface area contributed by atoms with E-state index in [1.165, 1.54) is 0 Å². The van der Waals surface area contributed by atoms with Crippen molar-refractivity contribution >= 4 is 29.4 Å². The Kier molecular flexibility index (Phi) is 5.47. The molecule has 16 heavy (non-hydrogen) atoms. The molecule has 1 aliphatic heterocycles. The molecule has 5 heteroatoms. The molecule has 1 aliphatic rings. The van der Waals surface area contributed by atoms with E-state index in [4.69, 9.17) is 5.73 Å². The molecule has 1 heterocycles. The van der Waals surface area contributed by atoms with Crippen molar-refractivity contribution in [2.45, 2.75) is 31.6 Å². The summed E-state index contributed by atoms with van der Waals surface area (Å²) in [6, 6.07) is 0. The van der Waals surface area contributed by atoms with Crippen molar-refractivity contribution in [3.05, 3.63) is 0 Å². The Hall–Kier alpha value is 0.130. The minimum atomic E-state index is -0.278. The van der Waals surface area contributed by atoms with E-state index in [-0.39, 0.29) is 16.7 Å². The molecule has 2 atom stereocenters. The van der Waals surface area contributed by atoms with Gasteiger partial charge < -0.3 is 11.1 Å². The van der Waals surface area contributed by atoms with Crippen molar-refractivity contribution in [3.63, 3.8) is 0 Å². The zero-order chi connectivity index (χ0) is 12.2. The number of rotatable bonds is 4. The summed E-state index contributed by atoms with van der Waals surface area (Å²) >= 11 is 3.62. The second-order valence-corrected chi connectivity index (χ2v) is 7.16. The van der Waals surface area contributed by atoms with Crippen LogP contribution in [-0.4, -0.2) is 40.5 Å². The quantitative estimate of drug-likeness (QED) is 0.802. The standard InChI is InChI=1S/C11H22N2OS2/c1-8(2)11(3,7-12)13-10(14)9-6-15-4-5-16-9/h8-9H,4-7,12H2,1-3H3,(H,13,14). The van der Waals surface area contributed by atoms with Gasteiger partial charge in [0, 0.05) is 23.8 Å². The maximum Gasteiger partial charge on any atom is 0.234 e. The van der Waals surface area contributed by atoms with Gasteiger partial charge in [0.15, 0.2) is 0 Å². The predicted octanol–water partition coefficient (Wildman–Crippen LogP) is 1.32. The second kappa shape index (κ2) is 6.17. The summed E-state index contributed by atoms with van der Waals surface area (Å²) in [4.78, 5) is 12.1. The maximum absolute atomic E-state index is 12.1. The first kappa shape index (κ1) is 14.2. The molecule has 94 valence electrons. The Labute approximate surface area is 107 Å². The van der Waals surface area contributed by atoms with Crippen molar-refractivity contribution in [3.8, 4) is 0 Å². The molecule has 0 radical (unpaired) electrons. The van der Waals surface area contributed by atoms with Crippen LogP contribution in [0.1, 0.15) is 20.8 Å². The highest BCUT2D eigenvalue weighted by Crippen LogP contribution is 2.25. The van der Waals surface area contributed by atoms with Crippen molar-refractivity contribution < 1.29 is 4.79 Å². The molecule has 0 aliphatic carbocycles. The molecule has 1 rings (SSSR count). The maximum atomic E-state index is 12.1. The lowest BCUT2D eigenvalue weighted by atomic mass is 9.88. The fourth-order valence-electron chi connectivity index (χ4n) is 1.43. The number of hydrogen-bond donors (Lipinski definition) is 2. The smallest absolute Gasteiger partial charge is 0.234 e. The van der Waals surface area contributed by atoms with Gasteiger partial charge in [0.05, 0.1) is 10.8 Å². The number of nitrogens with one attached hydrogen (secondary N) is 1. The van der Waals surface area contributed by atoms with Crippen LogP contribution in [0.2, 0.25) is 0 Å². The number of hydrogen-bond acceptors (Lipinski definition) is 4. The number of carbonyl (C=O) groups excluding carboxylic acids is 1. The first-order chi connectivity index (χ1) is 7.49. The second-order valence-electron chi connectivity index (χ2n) is 4.70. The van der Waals surface area contributed by atoms with Crippen LogP contribution in [0.3, 0.4) is 0 Å².